The molecule has 0 aliphatic carbocycles. The summed E-state index contributed by atoms with van der Waals surface area (Å²) in [4.78, 5) is 29.4. The standard InChI is InChI=1S/C13H14N2O3/c1-2-3-13(17)18-8-11-9-4-5-12(16)15-10(9)6-7-14-11/h4-7H,2-3,8H2,1H3,(H,15,16). The predicted octanol–water partition coefficient (Wildman–Crippen LogP) is 1.77. The summed E-state index contributed by atoms with van der Waals surface area (Å²) in [6.07, 6.45) is 2.75. The Balaban J connectivity index is 2.23. The Labute approximate surface area is 104 Å². The number of hydrogen-bond donors (Lipinski definition) is 1. The van der Waals surface area contributed by atoms with E-state index in [1.807, 2.05) is 6.92 Å². The number of nitrogens with one attached hydrogen (secondary N) is 1. The molecule has 5 heteroatoms. The van der Waals surface area contributed by atoms with Crippen LogP contribution in [0.15, 0.2) is 29.2 Å². The molecule has 94 valence electrons. The van der Waals surface area contributed by atoms with Gasteiger partial charge in [0.2, 0.25) is 5.56 Å². The van der Waals surface area contributed by atoms with E-state index >= 15 is 0 Å². The molecule has 0 amide bonds. The zero-order valence-corrected chi connectivity index (χ0v) is 10.1. The highest BCUT2D eigenvalue weighted by molar-refractivity contribution is 5.80. The van der Waals surface area contributed by atoms with Crippen molar-refractivity contribution in [2.75, 3.05) is 0 Å². The largest absolute Gasteiger partial charge is 0.459 e. The van der Waals surface area contributed by atoms with Gasteiger partial charge in [-0.2, -0.15) is 0 Å². The molecule has 18 heavy (non-hydrogen) atoms. The van der Waals surface area contributed by atoms with Gasteiger partial charge in [-0.1, -0.05) is 6.92 Å². The van der Waals surface area contributed by atoms with Gasteiger partial charge in [0.1, 0.15) is 6.61 Å². The first-order chi connectivity index (χ1) is 8.70. The Bertz CT molecular complexity index is 619. The van der Waals surface area contributed by atoms with Gasteiger partial charge >= 0.3 is 5.97 Å². The van der Waals surface area contributed by atoms with E-state index in [9.17, 15) is 9.59 Å². The Morgan fingerprint density at radius 2 is 2.22 bits per heavy atom. The number of hydrogen-bond acceptors (Lipinski definition) is 4. The van der Waals surface area contributed by atoms with Crippen molar-refractivity contribution in [3.05, 3.63) is 40.4 Å². The minimum Gasteiger partial charge on any atom is -0.459 e. The first-order valence-electron chi connectivity index (χ1n) is 5.83. The molecule has 2 aromatic heterocycles. The lowest BCUT2D eigenvalue weighted by atomic mass is 10.2. The van der Waals surface area contributed by atoms with Gasteiger partial charge in [0.15, 0.2) is 0 Å². The highest BCUT2D eigenvalue weighted by atomic mass is 16.5. The van der Waals surface area contributed by atoms with Gasteiger partial charge < -0.3 is 9.72 Å². The zero-order chi connectivity index (χ0) is 13.0. The van der Waals surface area contributed by atoms with Crippen LogP contribution in [0.1, 0.15) is 25.5 Å². The zero-order valence-electron chi connectivity index (χ0n) is 10.1. The Morgan fingerprint density at radius 1 is 1.39 bits per heavy atom. The van der Waals surface area contributed by atoms with Gasteiger partial charge in [0.25, 0.3) is 0 Å². The minimum atomic E-state index is -0.235. The fraction of sp³-hybridized carbons (Fsp3) is 0.308. The normalized spacial score (nSPS) is 10.5. The van der Waals surface area contributed by atoms with Crippen LogP contribution in [0.2, 0.25) is 0 Å². The van der Waals surface area contributed by atoms with Crippen LogP contribution >= 0.6 is 0 Å². The van der Waals surface area contributed by atoms with E-state index in [1.54, 1.807) is 18.3 Å². The van der Waals surface area contributed by atoms with Crippen molar-refractivity contribution in [1.82, 2.24) is 9.97 Å². The molecule has 0 atom stereocenters. The molecule has 0 spiro atoms. The SMILES string of the molecule is CCCC(=O)OCc1nccc2[nH]c(=O)ccc12. The van der Waals surface area contributed by atoms with E-state index in [1.165, 1.54) is 6.07 Å². The van der Waals surface area contributed by atoms with Gasteiger partial charge in [-0.05, 0) is 18.6 Å². The van der Waals surface area contributed by atoms with E-state index in [2.05, 4.69) is 9.97 Å². The van der Waals surface area contributed by atoms with Crippen LogP contribution in [0.5, 0.6) is 0 Å². The topological polar surface area (TPSA) is 72.0 Å². The van der Waals surface area contributed by atoms with Crippen molar-refractivity contribution in [2.24, 2.45) is 0 Å². The number of nitrogens with zero attached hydrogens (tertiary/aromatic N) is 1. The lowest BCUT2D eigenvalue weighted by Crippen LogP contribution is -2.07. The molecule has 2 aromatic rings. The maximum atomic E-state index is 11.3. The average molecular weight is 246 g/mol. The average Bonchev–Trinajstić information content (AvgIpc) is 2.36. The number of H-pyrrole nitrogens is 1. The second kappa shape index (κ2) is 5.44. The molecule has 1 N–H and O–H groups in total. The van der Waals surface area contributed by atoms with Crippen molar-refractivity contribution >= 4 is 16.9 Å². The number of ether oxygens (including phenoxy) is 1. The third kappa shape index (κ3) is 2.74. The smallest absolute Gasteiger partial charge is 0.306 e. The quantitative estimate of drug-likeness (QED) is 0.834. The van der Waals surface area contributed by atoms with Gasteiger partial charge in [-0.25, -0.2) is 0 Å². The van der Waals surface area contributed by atoms with Gasteiger partial charge in [-0.15, -0.1) is 0 Å². The van der Waals surface area contributed by atoms with Crippen LogP contribution in [0.3, 0.4) is 0 Å². The molecule has 2 heterocycles. The second-order valence-corrected chi connectivity index (χ2v) is 3.95. The number of pyridine rings is 2. The van der Waals surface area contributed by atoms with E-state index in [4.69, 9.17) is 4.74 Å². The first kappa shape index (κ1) is 12.3. The molecule has 0 aromatic carbocycles. The summed E-state index contributed by atoms with van der Waals surface area (Å²) in [5.41, 5.74) is 1.18. The van der Waals surface area contributed by atoms with Crippen LogP contribution in [-0.2, 0) is 16.1 Å². The van der Waals surface area contributed by atoms with Crippen LogP contribution in [0, 0.1) is 0 Å². The summed E-state index contributed by atoms with van der Waals surface area (Å²) in [7, 11) is 0. The van der Waals surface area contributed by atoms with Crippen LogP contribution in [0.25, 0.3) is 10.9 Å². The fourth-order valence-corrected chi connectivity index (χ4v) is 1.69. The molecule has 0 bridgehead atoms. The lowest BCUT2D eigenvalue weighted by molar-refractivity contribution is -0.145. The van der Waals surface area contributed by atoms with Crippen molar-refractivity contribution in [1.29, 1.82) is 0 Å². The second-order valence-electron chi connectivity index (χ2n) is 3.95. The van der Waals surface area contributed by atoms with Crippen LogP contribution in [-0.4, -0.2) is 15.9 Å². The molecule has 0 fully saturated rings. The van der Waals surface area contributed by atoms with E-state index < -0.39 is 0 Å². The van der Waals surface area contributed by atoms with E-state index in [-0.39, 0.29) is 18.1 Å². The number of esters is 1. The van der Waals surface area contributed by atoms with Crippen LogP contribution < -0.4 is 5.56 Å². The maximum absolute atomic E-state index is 11.3. The molecule has 0 unspecified atom stereocenters. The molecule has 0 saturated heterocycles. The third-order valence-corrected chi connectivity index (χ3v) is 2.56. The number of fused-ring (bicyclic) bond motifs is 1. The Hall–Kier alpha value is -2.17. The summed E-state index contributed by atoms with van der Waals surface area (Å²) < 4.78 is 5.11. The summed E-state index contributed by atoms with van der Waals surface area (Å²) in [5.74, 6) is -0.235. The van der Waals surface area contributed by atoms with Crippen molar-refractivity contribution in [3.63, 3.8) is 0 Å². The number of aromatic amines is 1. The van der Waals surface area contributed by atoms with Crippen LogP contribution in [0.4, 0.5) is 0 Å². The van der Waals surface area contributed by atoms with Crippen molar-refractivity contribution in [3.8, 4) is 0 Å². The molecular formula is C13H14N2O3. The predicted molar refractivity (Wildman–Crippen MR) is 67.1 cm³/mol. The molecule has 0 aliphatic heterocycles. The van der Waals surface area contributed by atoms with Gasteiger partial charge in [-0.3, -0.25) is 14.6 Å². The van der Waals surface area contributed by atoms with Gasteiger partial charge in [0.05, 0.1) is 11.2 Å². The Morgan fingerprint density at radius 3 is 3.00 bits per heavy atom. The monoisotopic (exact) mass is 246 g/mol. The third-order valence-electron chi connectivity index (χ3n) is 2.56. The lowest BCUT2D eigenvalue weighted by Gasteiger charge is -2.06. The number of carbonyl (C=O) groups excluding carboxylic acids is 1. The highest BCUT2D eigenvalue weighted by Gasteiger charge is 2.06. The molecule has 0 saturated carbocycles. The maximum Gasteiger partial charge on any atom is 0.306 e. The highest BCUT2D eigenvalue weighted by Crippen LogP contribution is 2.13. The first-order valence-corrected chi connectivity index (χ1v) is 5.83. The molecule has 0 radical (unpaired) electrons. The summed E-state index contributed by atoms with van der Waals surface area (Å²) in [5, 5.41) is 0.793. The molecule has 2 rings (SSSR count). The van der Waals surface area contributed by atoms with Gasteiger partial charge in [0, 0.05) is 24.1 Å². The number of carbonyl (C=O) groups is 1. The summed E-state index contributed by atoms with van der Waals surface area (Å²) >= 11 is 0. The summed E-state index contributed by atoms with van der Waals surface area (Å²) in [6, 6.07) is 4.83. The molecule has 0 aliphatic rings. The van der Waals surface area contributed by atoms with E-state index in [0.717, 1.165) is 11.8 Å². The summed E-state index contributed by atoms with van der Waals surface area (Å²) in [6.45, 7) is 2.05. The molecular weight excluding hydrogens is 232 g/mol. The molecule has 5 nitrogen and oxygen atoms in total. The number of rotatable bonds is 4. The van der Waals surface area contributed by atoms with Crippen molar-refractivity contribution in [2.45, 2.75) is 26.4 Å². The number of aromatic nitrogens is 2. The van der Waals surface area contributed by atoms with E-state index in [0.29, 0.717) is 17.6 Å². The minimum absolute atomic E-state index is 0.127. The fourth-order valence-electron chi connectivity index (χ4n) is 1.69. The Kier molecular flexibility index (Phi) is 3.72. The van der Waals surface area contributed by atoms with Crippen molar-refractivity contribution < 1.29 is 9.53 Å².